The molecule has 35 heavy (non-hydrogen) atoms. The first-order valence-corrected chi connectivity index (χ1v) is 11.8. The number of hydrogen-bond donors (Lipinski definition) is 3. The second-order valence-electron chi connectivity index (χ2n) is 8.01. The van der Waals surface area contributed by atoms with Gasteiger partial charge < -0.3 is 25.2 Å². The van der Waals surface area contributed by atoms with E-state index in [4.69, 9.17) is 14.6 Å². The lowest BCUT2D eigenvalue weighted by Gasteiger charge is -2.19. The number of benzene rings is 2. The minimum Gasteiger partial charge on any atom is -0.481 e. The summed E-state index contributed by atoms with van der Waals surface area (Å²) in [5.41, 5.74) is 4.36. The lowest BCUT2D eigenvalue weighted by Crippen LogP contribution is -2.47. The average Bonchev–Trinajstić information content (AvgIpc) is 3.46. The molecule has 0 spiro atoms. The number of alkyl carbamates (subject to hydrolysis) is 1. The smallest absolute Gasteiger partial charge is 0.407 e. The molecule has 1 aromatic heterocycles. The van der Waals surface area contributed by atoms with Gasteiger partial charge in [-0.3, -0.25) is 9.59 Å². The number of rotatable bonds is 10. The van der Waals surface area contributed by atoms with Crippen LogP contribution in [0.4, 0.5) is 4.79 Å². The van der Waals surface area contributed by atoms with Gasteiger partial charge in [-0.25, -0.2) is 4.79 Å². The molecule has 0 saturated heterocycles. The molecule has 10 heteroatoms. The first-order chi connectivity index (χ1) is 17.0. The van der Waals surface area contributed by atoms with Crippen LogP contribution < -0.4 is 15.4 Å². The zero-order chi connectivity index (χ0) is 24.8. The van der Waals surface area contributed by atoms with E-state index in [2.05, 4.69) is 15.0 Å². The molecular weight excluding hydrogens is 470 g/mol. The van der Waals surface area contributed by atoms with Gasteiger partial charge in [-0.1, -0.05) is 48.5 Å². The minimum absolute atomic E-state index is 0.0720. The van der Waals surface area contributed by atoms with Crippen LogP contribution in [0.15, 0.2) is 54.6 Å². The van der Waals surface area contributed by atoms with E-state index in [1.165, 1.54) is 18.6 Å². The largest absolute Gasteiger partial charge is 0.481 e. The fraction of sp³-hybridized carbons (Fsp3) is 0.280. The number of amides is 2. The van der Waals surface area contributed by atoms with Gasteiger partial charge in [0, 0.05) is 23.3 Å². The van der Waals surface area contributed by atoms with Crippen molar-refractivity contribution in [2.45, 2.75) is 31.3 Å². The van der Waals surface area contributed by atoms with Crippen molar-refractivity contribution >= 4 is 29.5 Å². The van der Waals surface area contributed by atoms with Crippen molar-refractivity contribution in [2.75, 3.05) is 13.7 Å². The normalized spacial score (nSPS) is 12.8. The molecule has 0 bridgehead atoms. The van der Waals surface area contributed by atoms with Crippen LogP contribution in [0.1, 0.15) is 34.8 Å². The molecule has 0 fully saturated rings. The Labute approximate surface area is 206 Å². The summed E-state index contributed by atoms with van der Waals surface area (Å²) in [5.74, 6) is -1.25. The number of nitrogens with zero attached hydrogens (tertiary/aromatic N) is 1. The molecular formula is C25H25N3O6S. The molecule has 0 saturated carbocycles. The summed E-state index contributed by atoms with van der Waals surface area (Å²) in [7, 11) is 1.50. The molecule has 1 heterocycles. The van der Waals surface area contributed by atoms with E-state index in [1.54, 1.807) is 6.07 Å². The van der Waals surface area contributed by atoms with E-state index < -0.39 is 24.0 Å². The third-order valence-electron chi connectivity index (χ3n) is 5.78. The molecule has 182 valence electrons. The number of ether oxygens (including phenoxy) is 2. The van der Waals surface area contributed by atoms with Crippen molar-refractivity contribution in [1.29, 1.82) is 0 Å². The standard InChI is InChI=1S/C25H25N3O6S/c1-33-22-12-15(35-28-22)13-26-24(31)21(10-11-23(29)30)27-25(32)34-14-20-18-8-4-2-6-16(18)17-7-3-5-9-19(17)20/h2-9,12,20-21H,10-11,13-14H2,1H3,(H,26,31)(H,27,32)(H,29,30). The third-order valence-corrected chi connectivity index (χ3v) is 6.55. The van der Waals surface area contributed by atoms with Gasteiger partial charge in [-0.2, -0.15) is 4.37 Å². The molecule has 1 unspecified atom stereocenters. The summed E-state index contributed by atoms with van der Waals surface area (Å²) < 4.78 is 14.6. The Hall–Kier alpha value is -3.92. The molecule has 2 aromatic carbocycles. The van der Waals surface area contributed by atoms with E-state index >= 15 is 0 Å². The Kier molecular flexibility index (Phi) is 7.61. The maximum Gasteiger partial charge on any atom is 0.407 e. The van der Waals surface area contributed by atoms with Crippen LogP contribution in [-0.4, -0.2) is 47.2 Å². The maximum atomic E-state index is 12.7. The summed E-state index contributed by atoms with van der Waals surface area (Å²) in [6.45, 7) is 0.267. The number of carboxylic acid groups (broad SMARTS) is 1. The van der Waals surface area contributed by atoms with E-state index in [0.29, 0.717) is 5.88 Å². The van der Waals surface area contributed by atoms with Gasteiger partial charge in [0.05, 0.1) is 13.7 Å². The number of nitrogens with one attached hydrogen (secondary N) is 2. The molecule has 0 aliphatic heterocycles. The quantitative estimate of drug-likeness (QED) is 0.393. The van der Waals surface area contributed by atoms with E-state index in [-0.39, 0.29) is 31.9 Å². The summed E-state index contributed by atoms with van der Waals surface area (Å²) in [6.07, 6.45) is -1.13. The van der Waals surface area contributed by atoms with Crippen molar-refractivity contribution in [2.24, 2.45) is 0 Å². The van der Waals surface area contributed by atoms with Crippen molar-refractivity contribution in [3.63, 3.8) is 0 Å². The molecule has 1 aliphatic rings. The van der Waals surface area contributed by atoms with Gasteiger partial charge in [0.25, 0.3) is 0 Å². The minimum atomic E-state index is -1.07. The van der Waals surface area contributed by atoms with Gasteiger partial charge in [0.2, 0.25) is 11.8 Å². The van der Waals surface area contributed by atoms with Gasteiger partial charge in [-0.05, 0) is 40.2 Å². The Balaban J connectivity index is 1.38. The topological polar surface area (TPSA) is 127 Å². The summed E-state index contributed by atoms with van der Waals surface area (Å²) in [4.78, 5) is 37.1. The highest BCUT2D eigenvalue weighted by molar-refractivity contribution is 7.05. The molecule has 1 atom stereocenters. The number of carbonyl (C=O) groups is 3. The van der Waals surface area contributed by atoms with E-state index in [0.717, 1.165) is 27.1 Å². The number of carbonyl (C=O) groups excluding carboxylic acids is 2. The lowest BCUT2D eigenvalue weighted by molar-refractivity contribution is -0.137. The second kappa shape index (κ2) is 11.0. The zero-order valence-corrected chi connectivity index (χ0v) is 19.8. The number of aromatic nitrogens is 1. The van der Waals surface area contributed by atoms with Crippen LogP contribution >= 0.6 is 11.5 Å². The third kappa shape index (κ3) is 5.78. The van der Waals surface area contributed by atoms with Crippen molar-refractivity contribution in [1.82, 2.24) is 15.0 Å². The molecule has 2 amide bonds. The van der Waals surface area contributed by atoms with Crippen LogP contribution in [0.25, 0.3) is 11.1 Å². The fourth-order valence-electron chi connectivity index (χ4n) is 4.09. The van der Waals surface area contributed by atoms with E-state index in [9.17, 15) is 14.4 Å². The average molecular weight is 496 g/mol. The number of hydrogen-bond acceptors (Lipinski definition) is 7. The van der Waals surface area contributed by atoms with Gasteiger partial charge in [-0.15, -0.1) is 0 Å². The lowest BCUT2D eigenvalue weighted by atomic mass is 9.98. The van der Waals surface area contributed by atoms with Crippen LogP contribution in [0.3, 0.4) is 0 Å². The van der Waals surface area contributed by atoms with Crippen molar-refractivity contribution in [3.8, 4) is 17.0 Å². The van der Waals surface area contributed by atoms with E-state index in [1.807, 2.05) is 48.5 Å². The van der Waals surface area contributed by atoms with Crippen LogP contribution in [0, 0.1) is 0 Å². The van der Waals surface area contributed by atoms with Crippen LogP contribution in [0.2, 0.25) is 0 Å². The summed E-state index contributed by atoms with van der Waals surface area (Å²) >= 11 is 1.18. The molecule has 4 rings (SSSR count). The Morgan fingerprint density at radius 2 is 1.74 bits per heavy atom. The number of carboxylic acids is 1. The SMILES string of the molecule is COc1cc(CNC(=O)C(CCC(=O)O)NC(=O)OCC2c3ccccc3-c3ccccc32)sn1. The predicted molar refractivity (Wildman–Crippen MR) is 129 cm³/mol. The number of aliphatic carboxylic acids is 1. The van der Waals surface area contributed by atoms with Crippen LogP contribution in [0.5, 0.6) is 5.88 Å². The highest BCUT2D eigenvalue weighted by Crippen LogP contribution is 2.44. The van der Waals surface area contributed by atoms with Crippen molar-refractivity contribution in [3.05, 3.63) is 70.6 Å². The first-order valence-electron chi connectivity index (χ1n) is 11.1. The first kappa shape index (κ1) is 24.2. The predicted octanol–water partition coefficient (Wildman–Crippen LogP) is 3.54. The number of fused-ring (bicyclic) bond motifs is 3. The van der Waals surface area contributed by atoms with Crippen LogP contribution in [-0.2, 0) is 20.9 Å². The summed E-state index contributed by atoms with van der Waals surface area (Å²) in [5, 5.41) is 14.3. The Morgan fingerprint density at radius 1 is 1.09 bits per heavy atom. The highest BCUT2D eigenvalue weighted by Gasteiger charge is 2.30. The summed E-state index contributed by atoms with van der Waals surface area (Å²) in [6, 6.07) is 16.6. The Morgan fingerprint density at radius 3 is 2.34 bits per heavy atom. The maximum absolute atomic E-state index is 12.7. The monoisotopic (exact) mass is 495 g/mol. The molecule has 3 N–H and O–H groups in total. The van der Waals surface area contributed by atoms with Gasteiger partial charge >= 0.3 is 12.1 Å². The number of methoxy groups -OCH3 is 1. The highest BCUT2D eigenvalue weighted by atomic mass is 32.1. The molecule has 9 nitrogen and oxygen atoms in total. The zero-order valence-electron chi connectivity index (χ0n) is 19.0. The van der Waals surface area contributed by atoms with Crippen molar-refractivity contribution < 1.29 is 29.0 Å². The second-order valence-corrected chi connectivity index (χ2v) is 8.90. The molecule has 3 aromatic rings. The van der Waals surface area contributed by atoms with Gasteiger partial charge in [0.1, 0.15) is 12.6 Å². The molecule has 0 radical (unpaired) electrons. The Bertz CT molecular complexity index is 1180. The molecule has 1 aliphatic carbocycles. The fourth-order valence-corrected chi connectivity index (χ4v) is 4.71. The van der Waals surface area contributed by atoms with Gasteiger partial charge in [0.15, 0.2) is 0 Å².